The number of ether oxygens (including phenoxy) is 1. The van der Waals surface area contributed by atoms with Crippen molar-refractivity contribution in [1.29, 1.82) is 0 Å². The second-order valence-corrected chi connectivity index (χ2v) is 8.86. The van der Waals surface area contributed by atoms with Crippen LogP contribution in [0.5, 0.6) is 5.75 Å². The Hall–Kier alpha value is -2.62. The summed E-state index contributed by atoms with van der Waals surface area (Å²) in [5, 5.41) is 5.03. The fourth-order valence-electron chi connectivity index (χ4n) is 2.39. The third-order valence-electron chi connectivity index (χ3n) is 3.69. The van der Waals surface area contributed by atoms with Crippen LogP contribution in [-0.4, -0.2) is 25.9 Å². The summed E-state index contributed by atoms with van der Waals surface area (Å²) >= 11 is 6.89. The summed E-state index contributed by atoms with van der Waals surface area (Å²) < 4.78 is 32.5. The van der Waals surface area contributed by atoms with Crippen molar-refractivity contribution in [2.75, 3.05) is 16.6 Å². The van der Waals surface area contributed by atoms with Crippen molar-refractivity contribution in [2.45, 2.75) is 18.2 Å². The summed E-state index contributed by atoms with van der Waals surface area (Å²) in [4.78, 5) is 16.5. The largest absolute Gasteiger partial charge is 0.494 e. The number of nitrogens with one attached hydrogen (secondary N) is 2. The molecule has 0 saturated heterocycles. The molecule has 1 amide bonds. The van der Waals surface area contributed by atoms with E-state index < -0.39 is 10.0 Å². The van der Waals surface area contributed by atoms with E-state index in [-0.39, 0.29) is 22.4 Å². The number of rotatable bonds is 8. The van der Waals surface area contributed by atoms with Gasteiger partial charge in [0.15, 0.2) is 5.13 Å². The third-order valence-corrected chi connectivity index (χ3v) is 6.23. The molecule has 3 aromatic rings. The minimum Gasteiger partial charge on any atom is -0.494 e. The number of carbonyl (C=O) groups is 1. The molecular weight excluding hydrogens is 434 g/mol. The number of aromatic nitrogens is 1. The van der Waals surface area contributed by atoms with Gasteiger partial charge >= 0.3 is 0 Å². The Morgan fingerprint density at radius 1 is 1.14 bits per heavy atom. The van der Waals surface area contributed by atoms with Crippen molar-refractivity contribution >= 4 is 49.7 Å². The van der Waals surface area contributed by atoms with E-state index in [1.807, 2.05) is 6.92 Å². The zero-order valence-electron chi connectivity index (χ0n) is 15.4. The number of thiazole rings is 1. The van der Waals surface area contributed by atoms with Crippen molar-refractivity contribution in [3.05, 3.63) is 64.6 Å². The minimum atomic E-state index is -3.78. The van der Waals surface area contributed by atoms with Gasteiger partial charge in [-0.3, -0.25) is 9.52 Å². The van der Waals surface area contributed by atoms with Crippen LogP contribution < -0.4 is 14.8 Å². The minimum absolute atomic E-state index is 0.0202. The molecule has 0 bridgehead atoms. The van der Waals surface area contributed by atoms with Crippen LogP contribution in [0, 0.1) is 0 Å². The first-order valence-corrected chi connectivity index (χ1v) is 11.4. The summed E-state index contributed by atoms with van der Waals surface area (Å²) in [6.45, 7) is 2.47. The molecular formula is C19H18ClN3O4S2. The predicted octanol–water partition coefficient (Wildman–Crippen LogP) is 4.18. The molecule has 0 atom stereocenters. The normalized spacial score (nSPS) is 11.1. The molecule has 3 rings (SSSR count). The molecule has 0 unspecified atom stereocenters. The number of halogens is 1. The van der Waals surface area contributed by atoms with Crippen molar-refractivity contribution < 1.29 is 17.9 Å². The van der Waals surface area contributed by atoms with Gasteiger partial charge in [0.1, 0.15) is 5.75 Å². The topological polar surface area (TPSA) is 97.4 Å². The molecule has 0 radical (unpaired) electrons. The molecule has 10 heteroatoms. The molecule has 152 valence electrons. The number of anilines is 2. The average Bonchev–Trinajstić information content (AvgIpc) is 3.09. The SMILES string of the molecule is CCOc1ccc(NC(=O)Cc2csc(NS(=O)(=O)c3ccc(Cl)cc3)n2)cc1. The monoisotopic (exact) mass is 451 g/mol. The van der Waals surface area contributed by atoms with Gasteiger partial charge in [-0.15, -0.1) is 11.3 Å². The van der Waals surface area contributed by atoms with E-state index in [0.717, 1.165) is 17.1 Å². The standard InChI is InChI=1S/C19H18ClN3O4S2/c1-2-27-16-7-5-14(6-8-16)21-18(24)11-15-12-28-19(22-15)23-29(25,26)17-9-3-13(20)4-10-17/h3-10,12H,2,11H2,1H3,(H,21,24)(H,22,23). The third kappa shape index (κ3) is 5.93. The van der Waals surface area contributed by atoms with Gasteiger partial charge in [0.25, 0.3) is 10.0 Å². The van der Waals surface area contributed by atoms with Crippen LogP contribution in [0.3, 0.4) is 0 Å². The second kappa shape index (κ2) is 9.25. The van der Waals surface area contributed by atoms with Crippen LogP contribution in [0.15, 0.2) is 58.8 Å². The lowest BCUT2D eigenvalue weighted by atomic mass is 10.2. The maximum atomic E-state index is 12.4. The Kier molecular flexibility index (Phi) is 6.73. The van der Waals surface area contributed by atoms with Gasteiger partial charge in [0.05, 0.1) is 23.6 Å². The number of nitrogens with zero attached hydrogens (tertiary/aromatic N) is 1. The summed E-state index contributed by atoms with van der Waals surface area (Å²) in [6.07, 6.45) is 0.0202. The van der Waals surface area contributed by atoms with Gasteiger partial charge in [-0.05, 0) is 55.5 Å². The summed E-state index contributed by atoms with van der Waals surface area (Å²) in [6, 6.07) is 12.8. The van der Waals surface area contributed by atoms with Gasteiger partial charge in [0.2, 0.25) is 5.91 Å². The van der Waals surface area contributed by atoms with Gasteiger partial charge in [-0.1, -0.05) is 11.6 Å². The Labute approximate surface area is 177 Å². The van der Waals surface area contributed by atoms with Gasteiger partial charge in [0, 0.05) is 16.1 Å². The Balaban J connectivity index is 1.59. The van der Waals surface area contributed by atoms with Crippen LogP contribution in [0.2, 0.25) is 5.02 Å². The van der Waals surface area contributed by atoms with E-state index in [2.05, 4.69) is 15.0 Å². The van der Waals surface area contributed by atoms with Crippen molar-refractivity contribution in [3.8, 4) is 5.75 Å². The van der Waals surface area contributed by atoms with E-state index in [4.69, 9.17) is 16.3 Å². The van der Waals surface area contributed by atoms with E-state index in [9.17, 15) is 13.2 Å². The molecule has 2 N–H and O–H groups in total. The Bertz CT molecular complexity index is 1080. The molecule has 1 heterocycles. The predicted molar refractivity (Wildman–Crippen MR) is 114 cm³/mol. The number of benzene rings is 2. The van der Waals surface area contributed by atoms with Gasteiger partial charge in [-0.2, -0.15) is 0 Å². The first kappa shape index (κ1) is 21.1. The molecule has 0 aliphatic carbocycles. The zero-order chi connectivity index (χ0) is 20.9. The fourth-order valence-corrected chi connectivity index (χ4v) is 4.48. The molecule has 1 aromatic heterocycles. The lowest BCUT2D eigenvalue weighted by Crippen LogP contribution is -2.15. The number of hydrogen-bond acceptors (Lipinski definition) is 6. The summed E-state index contributed by atoms with van der Waals surface area (Å²) in [5.41, 5.74) is 1.10. The number of hydrogen-bond donors (Lipinski definition) is 2. The van der Waals surface area contributed by atoms with Crippen molar-refractivity contribution in [1.82, 2.24) is 4.98 Å². The molecule has 0 saturated carbocycles. The van der Waals surface area contributed by atoms with Crippen molar-refractivity contribution in [2.24, 2.45) is 0 Å². The lowest BCUT2D eigenvalue weighted by Gasteiger charge is -2.06. The van der Waals surface area contributed by atoms with Crippen LogP contribution in [0.4, 0.5) is 10.8 Å². The number of sulfonamides is 1. The number of amides is 1. The van der Waals surface area contributed by atoms with Crippen LogP contribution in [-0.2, 0) is 21.2 Å². The molecule has 7 nitrogen and oxygen atoms in total. The van der Waals surface area contributed by atoms with Crippen LogP contribution in [0.1, 0.15) is 12.6 Å². The molecule has 2 aromatic carbocycles. The van der Waals surface area contributed by atoms with E-state index in [1.165, 1.54) is 24.3 Å². The van der Waals surface area contributed by atoms with Crippen LogP contribution >= 0.6 is 22.9 Å². The smallest absolute Gasteiger partial charge is 0.263 e. The highest BCUT2D eigenvalue weighted by atomic mass is 35.5. The highest BCUT2D eigenvalue weighted by molar-refractivity contribution is 7.93. The van der Waals surface area contributed by atoms with Gasteiger partial charge < -0.3 is 10.1 Å². The lowest BCUT2D eigenvalue weighted by molar-refractivity contribution is -0.115. The van der Waals surface area contributed by atoms with Gasteiger partial charge in [-0.25, -0.2) is 13.4 Å². The second-order valence-electron chi connectivity index (χ2n) is 5.89. The van der Waals surface area contributed by atoms with E-state index >= 15 is 0 Å². The maximum Gasteiger partial charge on any atom is 0.263 e. The molecule has 0 fully saturated rings. The van der Waals surface area contributed by atoms with Crippen LogP contribution in [0.25, 0.3) is 0 Å². The Morgan fingerprint density at radius 2 is 1.83 bits per heavy atom. The van der Waals surface area contributed by atoms with E-state index in [1.54, 1.807) is 29.6 Å². The quantitative estimate of drug-likeness (QED) is 0.535. The maximum absolute atomic E-state index is 12.4. The first-order chi connectivity index (χ1) is 13.9. The zero-order valence-corrected chi connectivity index (χ0v) is 17.8. The molecule has 0 aliphatic rings. The fraction of sp³-hybridized carbons (Fsp3) is 0.158. The summed E-state index contributed by atoms with van der Waals surface area (Å²) in [7, 11) is -3.78. The molecule has 0 aliphatic heterocycles. The average molecular weight is 452 g/mol. The highest BCUT2D eigenvalue weighted by Crippen LogP contribution is 2.22. The Morgan fingerprint density at radius 3 is 2.48 bits per heavy atom. The van der Waals surface area contributed by atoms with E-state index in [0.29, 0.717) is 23.0 Å². The number of carbonyl (C=O) groups excluding carboxylic acids is 1. The van der Waals surface area contributed by atoms with Crippen molar-refractivity contribution in [3.63, 3.8) is 0 Å². The first-order valence-electron chi connectivity index (χ1n) is 8.61. The molecule has 0 spiro atoms. The molecule has 29 heavy (non-hydrogen) atoms. The summed E-state index contributed by atoms with van der Waals surface area (Å²) in [5.74, 6) is 0.467. The highest BCUT2D eigenvalue weighted by Gasteiger charge is 2.17.